The van der Waals surface area contributed by atoms with Gasteiger partial charge in [0, 0.05) is 6.04 Å². The van der Waals surface area contributed by atoms with Crippen LogP contribution in [0.15, 0.2) is 0 Å². The molecular weight excluding hydrogens is 318 g/mol. The Labute approximate surface area is 117 Å². The summed E-state index contributed by atoms with van der Waals surface area (Å²) < 4.78 is 22.9. The highest BCUT2D eigenvalue weighted by molar-refractivity contribution is 9.10. The SMILES string of the molecule is C#CCN(C(=O)C(Br)C(C)C)C1CCS(=O)(=O)C1. The highest BCUT2D eigenvalue weighted by Crippen LogP contribution is 2.22. The zero-order valence-electron chi connectivity index (χ0n) is 10.6. The minimum absolute atomic E-state index is 0.0260. The van der Waals surface area contributed by atoms with Gasteiger partial charge in [-0.25, -0.2) is 8.42 Å². The summed E-state index contributed by atoms with van der Waals surface area (Å²) in [5, 5.41) is 0. The van der Waals surface area contributed by atoms with Gasteiger partial charge in [0.1, 0.15) is 0 Å². The van der Waals surface area contributed by atoms with Gasteiger partial charge in [0.25, 0.3) is 0 Å². The van der Waals surface area contributed by atoms with E-state index in [0.717, 1.165) is 0 Å². The molecule has 1 fully saturated rings. The van der Waals surface area contributed by atoms with Crippen molar-refractivity contribution in [2.45, 2.75) is 31.1 Å². The minimum atomic E-state index is -3.02. The fourth-order valence-corrected chi connectivity index (χ4v) is 3.94. The Morgan fingerprint density at radius 1 is 1.56 bits per heavy atom. The molecule has 102 valence electrons. The molecule has 1 amide bonds. The van der Waals surface area contributed by atoms with Crippen molar-refractivity contribution >= 4 is 31.7 Å². The molecule has 1 heterocycles. The topological polar surface area (TPSA) is 54.5 Å². The third kappa shape index (κ3) is 3.72. The van der Waals surface area contributed by atoms with Crippen LogP contribution in [0.4, 0.5) is 0 Å². The summed E-state index contributed by atoms with van der Waals surface area (Å²) in [4.78, 5) is 13.5. The summed E-state index contributed by atoms with van der Waals surface area (Å²) in [6, 6.07) is -0.280. The lowest BCUT2D eigenvalue weighted by atomic mass is 10.1. The summed E-state index contributed by atoms with van der Waals surface area (Å²) in [5.41, 5.74) is 0. The largest absolute Gasteiger partial charge is 0.327 e. The maximum atomic E-state index is 12.3. The summed E-state index contributed by atoms with van der Waals surface area (Å²) in [6.07, 6.45) is 5.75. The van der Waals surface area contributed by atoms with E-state index in [4.69, 9.17) is 6.42 Å². The van der Waals surface area contributed by atoms with Gasteiger partial charge in [0.15, 0.2) is 9.84 Å². The molecule has 6 heteroatoms. The average molecular weight is 336 g/mol. The van der Waals surface area contributed by atoms with Gasteiger partial charge >= 0.3 is 0 Å². The Bertz CT molecular complexity index is 452. The van der Waals surface area contributed by atoms with Gasteiger partial charge in [0.05, 0.1) is 22.9 Å². The molecule has 0 radical (unpaired) electrons. The molecule has 0 aromatic heterocycles. The number of carbonyl (C=O) groups excluding carboxylic acids is 1. The number of nitrogens with zero attached hydrogens (tertiary/aromatic N) is 1. The van der Waals surface area contributed by atoms with Crippen molar-refractivity contribution in [3.8, 4) is 12.3 Å². The van der Waals surface area contributed by atoms with E-state index in [-0.39, 0.29) is 40.7 Å². The fourth-order valence-electron chi connectivity index (χ4n) is 1.95. The lowest BCUT2D eigenvalue weighted by molar-refractivity contribution is -0.132. The van der Waals surface area contributed by atoms with Crippen molar-refractivity contribution in [3.63, 3.8) is 0 Å². The van der Waals surface area contributed by atoms with Crippen LogP contribution in [0.2, 0.25) is 0 Å². The second-order valence-corrected chi connectivity index (χ2v) is 8.09. The Kier molecular flexibility index (Phi) is 5.23. The van der Waals surface area contributed by atoms with Gasteiger partial charge < -0.3 is 4.90 Å². The number of sulfone groups is 1. The molecule has 0 bridgehead atoms. The molecule has 0 aromatic rings. The average Bonchev–Trinajstić information content (AvgIpc) is 2.64. The Balaban J connectivity index is 2.84. The molecule has 18 heavy (non-hydrogen) atoms. The smallest absolute Gasteiger partial charge is 0.237 e. The van der Waals surface area contributed by atoms with Gasteiger partial charge in [0.2, 0.25) is 5.91 Å². The standard InChI is InChI=1S/C12H18BrNO3S/c1-4-6-14(12(15)11(13)9(2)3)10-5-7-18(16,17)8-10/h1,9-11H,5-8H2,2-3H3. The molecule has 1 rings (SSSR count). The molecule has 1 aliphatic rings. The van der Waals surface area contributed by atoms with E-state index in [9.17, 15) is 13.2 Å². The number of alkyl halides is 1. The molecule has 0 saturated carbocycles. The van der Waals surface area contributed by atoms with E-state index in [0.29, 0.717) is 6.42 Å². The van der Waals surface area contributed by atoms with Crippen molar-refractivity contribution in [2.75, 3.05) is 18.1 Å². The normalized spacial score (nSPS) is 23.6. The Morgan fingerprint density at radius 3 is 2.56 bits per heavy atom. The third-order valence-electron chi connectivity index (χ3n) is 3.02. The number of hydrogen-bond donors (Lipinski definition) is 0. The van der Waals surface area contributed by atoms with E-state index in [1.807, 2.05) is 13.8 Å². The molecule has 0 N–H and O–H groups in total. The van der Waals surface area contributed by atoms with E-state index in [2.05, 4.69) is 21.9 Å². The van der Waals surface area contributed by atoms with Crippen LogP contribution in [0.3, 0.4) is 0 Å². The highest BCUT2D eigenvalue weighted by atomic mass is 79.9. The minimum Gasteiger partial charge on any atom is -0.327 e. The second-order valence-electron chi connectivity index (χ2n) is 4.87. The number of terminal acetylenes is 1. The summed E-state index contributed by atoms with van der Waals surface area (Å²) in [7, 11) is -3.02. The Hall–Kier alpha value is -0.540. The number of carbonyl (C=O) groups is 1. The molecule has 0 spiro atoms. The van der Waals surface area contributed by atoms with Gasteiger partial charge in [-0.1, -0.05) is 35.7 Å². The van der Waals surface area contributed by atoms with Crippen LogP contribution in [0.25, 0.3) is 0 Å². The van der Waals surface area contributed by atoms with Gasteiger partial charge in [-0.05, 0) is 12.3 Å². The van der Waals surface area contributed by atoms with Crippen molar-refractivity contribution in [3.05, 3.63) is 0 Å². The summed E-state index contributed by atoms with van der Waals surface area (Å²) in [5.74, 6) is 2.62. The van der Waals surface area contributed by atoms with Gasteiger partial charge in [-0.2, -0.15) is 0 Å². The first-order chi connectivity index (χ1) is 8.28. The first kappa shape index (κ1) is 15.5. The molecule has 0 aromatic carbocycles. The molecule has 2 atom stereocenters. The number of amides is 1. The summed E-state index contributed by atoms with van der Waals surface area (Å²) >= 11 is 3.34. The number of hydrogen-bond acceptors (Lipinski definition) is 3. The molecule has 1 aliphatic heterocycles. The monoisotopic (exact) mass is 335 g/mol. The maximum absolute atomic E-state index is 12.3. The van der Waals surface area contributed by atoms with Crippen molar-refractivity contribution in [1.29, 1.82) is 0 Å². The van der Waals surface area contributed by atoms with E-state index in [1.165, 1.54) is 4.90 Å². The molecule has 1 saturated heterocycles. The van der Waals surface area contributed by atoms with Crippen LogP contribution < -0.4 is 0 Å². The Morgan fingerprint density at radius 2 is 2.17 bits per heavy atom. The van der Waals surface area contributed by atoms with Crippen LogP contribution in [0.1, 0.15) is 20.3 Å². The lowest BCUT2D eigenvalue weighted by Crippen LogP contribution is -2.46. The molecule has 4 nitrogen and oxygen atoms in total. The van der Waals surface area contributed by atoms with Crippen molar-refractivity contribution in [2.24, 2.45) is 5.92 Å². The van der Waals surface area contributed by atoms with Crippen LogP contribution in [-0.2, 0) is 14.6 Å². The lowest BCUT2D eigenvalue weighted by Gasteiger charge is -2.29. The zero-order valence-corrected chi connectivity index (χ0v) is 13.0. The van der Waals surface area contributed by atoms with Crippen LogP contribution >= 0.6 is 15.9 Å². The van der Waals surface area contributed by atoms with E-state index >= 15 is 0 Å². The first-order valence-electron chi connectivity index (χ1n) is 5.87. The second kappa shape index (κ2) is 6.07. The predicted octanol–water partition coefficient (Wildman–Crippen LogP) is 1.05. The van der Waals surface area contributed by atoms with Crippen molar-refractivity contribution in [1.82, 2.24) is 4.90 Å². The van der Waals surface area contributed by atoms with Crippen molar-refractivity contribution < 1.29 is 13.2 Å². The van der Waals surface area contributed by atoms with E-state index < -0.39 is 9.84 Å². The maximum Gasteiger partial charge on any atom is 0.237 e. The molecule has 2 unspecified atom stereocenters. The van der Waals surface area contributed by atoms with Crippen LogP contribution in [0.5, 0.6) is 0 Å². The molecular formula is C12H18BrNO3S. The predicted molar refractivity (Wildman–Crippen MR) is 75.2 cm³/mol. The van der Waals surface area contributed by atoms with E-state index in [1.54, 1.807) is 0 Å². The van der Waals surface area contributed by atoms with Crippen LogP contribution in [0, 0.1) is 18.3 Å². The van der Waals surface area contributed by atoms with Gasteiger partial charge in [-0.3, -0.25) is 4.79 Å². The quantitative estimate of drug-likeness (QED) is 0.570. The summed E-state index contributed by atoms with van der Waals surface area (Å²) in [6.45, 7) is 4.02. The zero-order chi connectivity index (χ0) is 13.9. The number of rotatable bonds is 4. The first-order valence-corrected chi connectivity index (χ1v) is 8.60. The van der Waals surface area contributed by atoms with Crippen LogP contribution in [-0.4, -0.2) is 48.1 Å². The fraction of sp³-hybridized carbons (Fsp3) is 0.750. The number of halogens is 1. The van der Waals surface area contributed by atoms with Gasteiger partial charge in [-0.15, -0.1) is 6.42 Å². The molecule has 0 aliphatic carbocycles. The third-order valence-corrected chi connectivity index (χ3v) is 6.21. The highest BCUT2D eigenvalue weighted by Gasteiger charge is 2.36.